The SMILES string of the molecule is O=C(NC1CCCCC1)C(C1CCCCC1)n1c(CC(O)c2ccc(Cl)c(Cl)c2)nc2cc(F)c(F)cc21. The Balaban J connectivity index is 1.58. The summed E-state index contributed by atoms with van der Waals surface area (Å²) in [5.74, 6) is -1.68. The van der Waals surface area contributed by atoms with Gasteiger partial charge in [0.15, 0.2) is 11.6 Å². The summed E-state index contributed by atoms with van der Waals surface area (Å²) < 4.78 is 30.5. The highest BCUT2D eigenvalue weighted by Crippen LogP contribution is 2.38. The molecule has 1 aromatic heterocycles. The van der Waals surface area contributed by atoms with Gasteiger partial charge in [-0.15, -0.1) is 0 Å². The van der Waals surface area contributed by atoms with Gasteiger partial charge in [-0.25, -0.2) is 13.8 Å². The quantitative estimate of drug-likeness (QED) is 0.313. The molecule has 1 heterocycles. The van der Waals surface area contributed by atoms with Gasteiger partial charge in [-0.3, -0.25) is 4.79 Å². The van der Waals surface area contributed by atoms with Gasteiger partial charge in [-0.05, 0) is 49.3 Å². The van der Waals surface area contributed by atoms with Crippen LogP contribution in [-0.4, -0.2) is 26.6 Å². The van der Waals surface area contributed by atoms with Crippen LogP contribution in [0.2, 0.25) is 10.0 Å². The number of carbonyl (C=O) groups is 1. The molecule has 9 heteroatoms. The first kappa shape index (κ1) is 27.4. The number of aromatic nitrogens is 2. The van der Waals surface area contributed by atoms with Gasteiger partial charge in [-0.1, -0.05) is 67.8 Å². The molecule has 2 N–H and O–H groups in total. The van der Waals surface area contributed by atoms with Gasteiger partial charge in [0.25, 0.3) is 0 Å². The Bertz CT molecular complexity index is 1300. The summed E-state index contributed by atoms with van der Waals surface area (Å²) in [7, 11) is 0. The van der Waals surface area contributed by atoms with Gasteiger partial charge in [0.2, 0.25) is 5.91 Å². The van der Waals surface area contributed by atoms with E-state index < -0.39 is 23.8 Å². The smallest absolute Gasteiger partial charge is 0.243 e. The second kappa shape index (κ2) is 11.9. The van der Waals surface area contributed by atoms with Crippen LogP contribution in [0.4, 0.5) is 8.78 Å². The number of amides is 1. The third kappa shape index (κ3) is 5.85. The van der Waals surface area contributed by atoms with Gasteiger partial charge in [0.1, 0.15) is 11.9 Å². The average molecular weight is 565 g/mol. The zero-order chi connectivity index (χ0) is 26.8. The third-order valence-corrected chi connectivity index (χ3v) is 8.84. The lowest BCUT2D eigenvalue weighted by Crippen LogP contribution is -2.44. The summed E-state index contributed by atoms with van der Waals surface area (Å²) in [6, 6.07) is 6.54. The fourth-order valence-electron chi connectivity index (χ4n) is 6.13. The largest absolute Gasteiger partial charge is 0.388 e. The lowest BCUT2D eigenvalue weighted by Gasteiger charge is -2.34. The number of aliphatic hydroxyl groups is 1. The number of aliphatic hydroxyl groups excluding tert-OH is 1. The van der Waals surface area contributed by atoms with E-state index in [2.05, 4.69) is 10.3 Å². The summed E-state index contributed by atoms with van der Waals surface area (Å²) >= 11 is 12.2. The number of benzene rings is 2. The van der Waals surface area contributed by atoms with Gasteiger partial charge in [-0.2, -0.15) is 0 Å². The first-order chi connectivity index (χ1) is 18.3. The van der Waals surface area contributed by atoms with Crippen molar-refractivity contribution in [1.29, 1.82) is 0 Å². The van der Waals surface area contributed by atoms with Crippen LogP contribution < -0.4 is 5.32 Å². The number of halogens is 4. The maximum atomic E-state index is 14.5. The summed E-state index contributed by atoms with van der Waals surface area (Å²) in [5.41, 5.74) is 1.15. The van der Waals surface area contributed by atoms with E-state index in [0.717, 1.165) is 69.9 Å². The fourth-order valence-corrected chi connectivity index (χ4v) is 6.44. The topological polar surface area (TPSA) is 67.2 Å². The van der Waals surface area contributed by atoms with Crippen molar-refractivity contribution in [2.24, 2.45) is 5.92 Å². The van der Waals surface area contributed by atoms with E-state index in [1.807, 2.05) is 0 Å². The van der Waals surface area contributed by atoms with Crippen LogP contribution in [0.15, 0.2) is 30.3 Å². The van der Waals surface area contributed by atoms with E-state index in [0.29, 0.717) is 26.9 Å². The average Bonchev–Trinajstić information content (AvgIpc) is 3.23. The molecule has 2 aliphatic rings. The van der Waals surface area contributed by atoms with Gasteiger partial charge in [0, 0.05) is 24.6 Å². The molecular formula is C29H33Cl2F2N3O2. The van der Waals surface area contributed by atoms with E-state index in [1.165, 1.54) is 6.42 Å². The minimum absolute atomic E-state index is 0.0266. The first-order valence-electron chi connectivity index (χ1n) is 13.6. The van der Waals surface area contributed by atoms with Crippen LogP contribution in [0.3, 0.4) is 0 Å². The summed E-state index contributed by atoms with van der Waals surface area (Å²) in [5, 5.41) is 15.1. The van der Waals surface area contributed by atoms with Crippen molar-refractivity contribution >= 4 is 40.1 Å². The number of nitrogens with zero attached hydrogens (tertiary/aromatic N) is 2. The molecule has 3 aromatic rings. The van der Waals surface area contributed by atoms with Crippen LogP contribution in [0.25, 0.3) is 11.0 Å². The van der Waals surface area contributed by atoms with Crippen molar-refractivity contribution in [3.05, 3.63) is 63.4 Å². The van der Waals surface area contributed by atoms with Crippen molar-refractivity contribution in [3.8, 4) is 0 Å². The van der Waals surface area contributed by atoms with Crippen molar-refractivity contribution < 1.29 is 18.7 Å². The second-order valence-corrected chi connectivity index (χ2v) is 11.5. The lowest BCUT2D eigenvalue weighted by atomic mass is 9.82. The van der Waals surface area contributed by atoms with Crippen molar-refractivity contribution in [2.45, 2.75) is 88.8 Å². The number of carbonyl (C=O) groups excluding carboxylic acids is 1. The monoisotopic (exact) mass is 563 g/mol. The number of hydrogen-bond acceptors (Lipinski definition) is 3. The van der Waals surface area contributed by atoms with E-state index in [-0.39, 0.29) is 29.8 Å². The molecule has 0 saturated heterocycles. The van der Waals surface area contributed by atoms with Crippen molar-refractivity contribution in [1.82, 2.24) is 14.9 Å². The Labute approximate surface area is 231 Å². The molecule has 0 radical (unpaired) electrons. The van der Waals surface area contributed by atoms with Crippen LogP contribution in [0.1, 0.15) is 87.7 Å². The predicted molar refractivity (Wildman–Crippen MR) is 145 cm³/mol. The van der Waals surface area contributed by atoms with Crippen LogP contribution in [0.5, 0.6) is 0 Å². The number of nitrogens with one attached hydrogen (secondary N) is 1. The molecule has 2 aliphatic carbocycles. The van der Waals surface area contributed by atoms with E-state index >= 15 is 0 Å². The molecule has 2 fully saturated rings. The third-order valence-electron chi connectivity index (χ3n) is 8.10. The number of fused-ring (bicyclic) bond motifs is 1. The molecule has 0 spiro atoms. The van der Waals surface area contributed by atoms with Crippen LogP contribution in [-0.2, 0) is 11.2 Å². The minimum atomic E-state index is -1.01. The molecule has 5 rings (SSSR count). The molecule has 2 atom stereocenters. The van der Waals surface area contributed by atoms with E-state index in [1.54, 1.807) is 22.8 Å². The molecule has 5 nitrogen and oxygen atoms in total. The van der Waals surface area contributed by atoms with Crippen molar-refractivity contribution in [2.75, 3.05) is 0 Å². The Morgan fingerprint density at radius 2 is 1.63 bits per heavy atom. The van der Waals surface area contributed by atoms with Crippen LogP contribution >= 0.6 is 23.2 Å². The Hall–Kier alpha value is -2.22. The Morgan fingerprint density at radius 1 is 0.974 bits per heavy atom. The summed E-state index contributed by atoms with van der Waals surface area (Å²) in [6.07, 6.45) is 9.10. The Kier molecular flexibility index (Phi) is 8.56. The number of rotatable bonds is 7. The molecule has 2 saturated carbocycles. The van der Waals surface area contributed by atoms with Crippen LogP contribution in [0, 0.1) is 17.6 Å². The zero-order valence-electron chi connectivity index (χ0n) is 21.2. The molecule has 2 unspecified atom stereocenters. The summed E-state index contributed by atoms with van der Waals surface area (Å²) in [4.78, 5) is 18.6. The van der Waals surface area contributed by atoms with E-state index in [9.17, 15) is 18.7 Å². The zero-order valence-corrected chi connectivity index (χ0v) is 22.7. The molecular weight excluding hydrogens is 531 g/mol. The summed E-state index contributed by atoms with van der Waals surface area (Å²) in [6.45, 7) is 0. The molecule has 2 aromatic carbocycles. The van der Waals surface area contributed by atoms with Gasteiger partial charge >= 0.3 is 0 Å². The van der Waals surface area contributed by atoms with Gasteiger partial charge in [0.05, 0.1) is 27.2 Å². The number of hydrogen-bond donors (Lipinski definition) is 2. The Morgan fingerprint density at radius 3 is 2.32 bits per heavy atom. The highest BCUT2D eigenvalue weighted by atomic mass is 35.5. The van der Waals surface area contributed by atoms with Crippen molar-refractivity contribution in [3.63, 3.8) is 0 Å². The van der Waals surface area contributed by atoms with E-state index in [4.69, 9.17) is 23.2 Å². The minimum Gasteiger partial charge on any atom is -0.388 e. The molecule has 38 heavy (non-hydrogen) atoms. The first-order valence-corrected chi connectivity index (χ1v) is 14.4. The lowest BCUT2D eigenvalue weighted by molar-refractivity contribution is -0.127. The molecule has 1 amide bonds. The second-order valence-electron chi connectivity index (χ2n) is 10.7. The molecule has 0 bridgehead atoms. The maximum absolute atomic E-state index is 14.5. The highest BCUT2D eigenvalue weighted by molar-refractivity contribution is 6.42. The molecule has 204 valence electrons. The maximum Gasteiger partial charge on any atom is 0.243 e. The molecule has 0 aliphatic heterocycles. The number of imidazole rings is 1. The highest BCUT2D eigenvalue weighted by Gasteiger charge is 2.36. The predicted octanol–water partition coefficient (Wildman–Crippen LogP) is 7.47. The van der Waals surface area contributed by atoms with Gasteiger partial charge < -0.3 is 15.0 Å². The fraction of sp³-hybridized carbons (Fsp3) is 0.517. The normalized spacial score (nSPS) is 19.0. The standard InChI is InChI=1S/C29H33Cl2F2N3O2/c30-20-12-11-18(13-21(20)31)26(37)16-27-35-24-14-22(32)23(33)15-25(24)36(27)28(17-7-3-1-4-8-17)29(38)34-19-9-5-2-6-10-19/h11-15,17,19,26,28,37H,1-10,16H2,(H,34,38).